The van der Waals surface area contributed by atoms with Crippen LogP contribution in [0.3, 0.4) is 0 Å². The average Bonchev–Trinajstić information content (AvgIpc) is 3.00. The molecule has 1 fully saturated rings. The molecular formula is C14H24N4O6. The van der Waals surface area contributed by atoms with Gasteiger partial charge in [-0.1, -0.05) is 0 Å². The summed E-state index contributed by atoms with van der Waals surface area (Å²) >= 11 is 0. The average molecular weight is 344 g/mol. The van der Waals surface area contributed by atoms with Crippen molar-refractivity contribution in [1.82, 2.24) is 15.5 Å². The Morgan fingerprint density at radius 3 is 2.46 bits per heavy atom. The molecule has 0 aromatic rings. The van der Waals surface area contributed by atoms with Crippen molar-refractivity contribution < 1.29 is 29.4 Å². The number of aliphatic hydroxyl groups excluding tert-OH is 1. The summed E-state index contributed by atoms with van der Waals surface area (Å²) in [6.45, 7) is 2.64. The van der Waals surface area contributed by atoms with E-state index in [1.54, 1.807) is 0 Å². The Hall–Kier alpha value is -2.20. The van der Waals surface area contributed by atoms with Crippen LogP contribution in [0.4, 0.5) is 0 Å². The lowest BCUT2D eigenvalue weighted by molar-refractivity contribution is -0.142. The van der Waals surface area contributed by atoms with Crippen LogP contribution in [-0.4, -0.2) is 76.1 Å². The molecule has 3 amide bonds. The van der Waals surface area contributed by atoms with E-state index in [1.807, 2.05) is 0 Å². The number of nitrogens with one attached hydrogen (secondary N) is 2. The van der Waals surface area contributed by atoms with Gasteiger partial charge >= 0.3 is 5.97 Å². The fraction of sp³-hybridized carbons (Fsp3) is 0.714. The number of aliphatic carboxylic acids is 1. The number of hydrogen-bond donors (Lipinski definition) is 5. The standard InChI is InChI=1S/C14H24N4O6/c1-7(17-13(23)11(15)8(2)19)14(24)18-5-3-4-9(18)12(22)16-6-10(20)21/h7-9,11,19H,3-6,15H2,1-2H3,(H,16,22)(H,17,23)(H,20,21). The first-order valence-electron chi connectivity index (χ1n) is 7.69. The van der Waals surface area contributed by atoms with Crippen molar-refractivity contribution >= 4 is 23.7 Å². The van der Waals surface area contributed by atoms with Gasteiger partial charge in [-0.15, -0.1) is 0 Å². The van der Waals surface area contributed by atoms with Crippen LogP contribution in [0.25, 0.3) is 0 Å². The van der Waals surface area contributed by atoms with E-state index in [-0.39, 0.29) is 0 Å². The van der Waals surface area contributed by atoms with Crippen molar-refractivity contribution in [1.29, 1.82) is 0 Å². The van der Waals surface area contributed by atoms with Crippen molar-refractivity contribution in [3.8, 4) is 0 Å². The lowest BCUT2D eigenvalue weighted by atomic mass is 10.1. The molecule has 1 aliphatic rings. The van der Waals surface area contributed by atoms with Gasteiger partial charge < -0.3 is 31.5 Å². The zero-order chi connectivity index (χ0) is 18.4. The third-order valence-electron chi connectivity index (χ3n) is 3.80. The van der Waals surface area contributed by atoms with Crippen molar-refractivity contribution in [2.45, 2.75) is 50.9 Å². The number of carbonyl (C=O) groups is 4. The monoisotopic (exact) mass is 344 g/mol. The number of likely N-dealkylation sites (tertiary alicyclic amines) is 1. The predicted molar refractivity (Wildman–Crippen MR) is 82.6 cm³/mol. The van der Waals surface area contributed by atoms with E-state index in [0.717, 1.165) is 0 Å². The zero-order valence-corrected chi connectivity index (χ0v) is 13.7. The van der Waals surface area contributed by atoms with Crippen LogP contribution in [-0.2, 0) is 19.2 Å². The Morgan fingerprint density at radius 1 is 1.29 bits per heavy atom. The smallest absolute Gasteiger partial charge is 0.322 e. The summed E-state index contributed by atoms with van der Waals surface area (Å²) in [5, 5.41) is 22.5. The van der Waals surface area contributed by atoms with Crippen LogP contribution in [0.2, 0.25) is 0 Å². The molecule has 10 heteroatoms. The molecule has 0 bridgehead atoms. The number of nitrogens with two attached hydrogens (primary N) is 1. The van der Waals surface area contributed by atoms with Crippen molar-refractivity contribution in [2.24, 2.45) is 5.73 Å². The van der Waals surface area contributed by atoms with Gasteiger partial charge in [0.15, 0.2) is 0 Å². The van der Waals surface area contributed by atoms with E-state index in [9.17, 15) is 24.3 Å². The normalized spacial score (nSPS) is 20.8. The molecule has 4 atom stereocenters. The lowest BCUT2D eigenvalue weighted by Gasteiger charge is -2.27. The second kappa shape index (κ2) is 8.60. The maximum atomic E-state index is 12.4. The van der Waals surface area contributed by atoms with Gasteiger partial charge in [-0.2, -0.15) is 0 Å². The predicted octanol–water partition coefficient (Wildman–Crippen LogP) is -2.61. The summed E-state index contributed by atoms with van der Waals surface area (Å²) in [6.07, 6.45) is -0.0378. The first kappa shape index (κ1) is 19.8. The minimum absolute atomic E-state index is 0.340. The minimum Gasteiger partial charge on any atom is -0.480 e. The highest BCUT2D eigenvalue weighted by Crippen LogP contribution is 2.18. The first-order valence-corrected chi connectivity index (χ1v) is 7.69. The van der Waals surface area contributed by atoms with E-state index < -0.39 is 54.5 Å². The van der Waals surface area contributed by atoms with Crippen molar-refractivity contribution in [3.63, 3.8) is 0 Å². The van der Waals surface area contributed by atoms with Crippen LogP contribution >= 0.6 is 0 Å². The van der Waals surface area contributed by atoms with Crippen molar-refractivity contribution in [2.75, 3.05) is 13.1 Å². The largest absolute Gasteiger partial charge is 0.480 e. The Morgan fingerprint density at radius 2 is 1.92 bits per heavy atom. The molecule has 0 aliphatic carbocycles. The number of rotatable bonds is 7. The molecule has 6 N–H and O–H groups in total. The molecule has 10 nitrogen and oxygen atoms in total. The van der Waals surface area contributed by atoms with E-state index in [2.05, 4.69) is 10.6 Å². The zero-order valence-electron chi connectivity index (χ0n) is 13.7. The Bertz CT molecular complexity index is 509. The van der Waals surface area contributed by atoms with E-state index in [0.29, 0.717) is 19.4 Å². The number of aliphatic hydroxyl groups is 1. The van der Waals surface area contributed by atoms with Gasteiger partial charge in [-0.25, -0.2) is 0 Å². The molecule has 24 heavy (non-hydrogen) atoms. The summed E-state index contributed by atoms with van der Waals surface area (Å²) in [5.74, 6) is -2.85. The second-order valence-corrected chi connectivity index (χ2v) is 5.80. The number of amides is 3. The van der Waals surface area contributed by atoms with Crippen LogP contribution < -0.4 is 16.4 Å². The molecule has 136 valence electrons. The van der Waals surface area contributed by atoms with Crippen LogP contribution in [0.5, 0.6) is 0 Å². The van der Waals surface area contributed by atoms with E-state index >= 15 is 0 Å². The highest BCUT2D eigenvalue weighted by molar-refractivity contribution is 5.94. The highest BCUT2D eigenvalue weighted by Gasteiger charge is 2.36. The second-order valence-electron chi connectivity index (χ2n) is 5.80. The lowest BCUT2D eigenvalue weighted by Crippen LogP contribution is -2.56. The molecule has 1 heterocycles. The maximum absolute atomic E-state index is 12.4. The summed E-state index contributed by atoms with van der Waals surface area (Å²) < 4.78 is 0. The number of hydrogen-bond acceptors (Lipinski definition) is 6. The summed E-state index contributed by atoms with van der Waals surface area (Å²) in [6, 6.07) is -2.84. The number of carbonyl (C=O) groups excluding carboxylic acids is 3. The molecular weight excluding hydrogens is 320 g/mol. The molecule has 1 rings (SSSR count). The molecule has 4 unspecified atom stereocenters. The number of nitrogens with zero attached hydrogens (tertiary/aromatic N) is 1. The molecule has 0 aromatic heterocycles. The Balaban J connectivity index is 2.65. The fourth-order valence-electron chi connectivity index (χ4n) is 2.42. The Kier molecular flexibility index (Phi) is 7.11. The van der Waals surface area contributed by atoms with E-state index in [4.69, 9.17) is 10.8 Å². The quantitative estimate of drug-likeness (QED) is 0.338. The van der Waals surface area contributed by atoms with Crippen LogP contribution in [0.15, 0.2) is 0 Å². The van der Waals surface area contributed by atoms with Gasteiger partial charge in [-0.3, -0.25) is 19.2 Å². The van der Waals surface area contributed by atoms with Gasteiger partial charge in [0, 0.05) is 6.54 Å². The molecule has 1 aliphatic heterocycles. The van der Waals surface area contributed by atoms with Gasteiger partial charge in [0.05, 0.1) is 6.10 Å². The van der Waals surface area contributed by atoms with Gasteiger partial charge in [-0.05, 0) is 26.7 Å². The number of carboxylic acids is 1. The third-order valence-corrected chi connectivity index (χ3v) is 3.80. The van der Waals surface area contributed by atoms with Crippen molar-refractivity contribution in [3.05, 3.63) is 0 Å². The molecule has 0 spiro atoms. The molecule has 0 saturated carbocycles. The van der Waals surface area contributed by atoms with Gasteiger partial charge in [0.2, 0.25) is 17.7 Å². The highest BCUT2D eigenvalue weighted by atomic mass is 16.4. The summed E-state index contributed by atoms with van der Waals surface area (Å²) in [7, 11) is 0. The van der Waals surface area contributed by atoms with Gasteiger partial charge in [0.1, 0.15) is 24.7 Å². The van der Waals surface area contributed by atoms with E-state index in [1.165, 1.54) is 18.7 Å². The van der Waals surface area contributed by atoms with Gasteiger partial charge in [0.25, 0.3) is 0 Å². The van der Waals surface area contributed by atoms with Crippen LogP contribution in [0, 0.1) is 0 Å². The topological polar surface area (TPSA) is 162 Å². The first-order chi connectivity index (χ1) is 11.1. The summed E-state index contributed by atoms with van der Waals surface area (Å²) in [4.78, 5) is 48.1. The van der Waals surface area contributed by atoms with Crippen LogP contribution in [0.1, 0.15) is 26.7 Å². The molecule has 0 radical (unpaired) electrons. The molecule has 0 aromatic carbocycles. The molecule has 1 saturated heterocycles. The third kappa shape index (κ3) is 5.17. The summed E-state index contributed by atoms with van der Waals surface area (Å²) in [5.41, 5.74) is 5.50. The fourth-order valence-corrected chi connectivity index (χ4v) is 2.42. The maximum Gasteiger partial charge on any atom is 0.322 e. The minimum atomic E-state index is -1.17. The number of carboxylic acid groups (broad SMARTS) is 1. The SMILES string of the molecule is CC(NC(=O)C(N)C(C)O)C(=O)N1CCCC1C(=O)NCC(=O)O. The Labute approximate surface area is 139 Å².